The Morgan fingerprint density at radius 3 is 3.00 bits per heavy atom. The Morgan fingerprint density at radius 1 is 1.50 bits per heavy atom. The van der Waals surface area contributed by atoms with Crippen molar-refractivity contribution in [1.82, 2.24) is 4.98 Å². The molecule has 3 nitrogen and oxygen atoms in total. The van der Waals surface area contributed by atoms with E-state index in [0.29, 0.717) is 25.1 Å². The smallest absolute Gasteiger partial charge is 0.141 e. The highest BCUT2D eigenvalue weighted by Crippen LogP contribution is 2.26. The fourth-order valence-electron chi connectivity index (χ4n) is 1.56. The second kappa shape index (κ2) is 4.02. The maximum atomic E-state index is 12.6. The molecule has 2 atom stereocenters. The van der Waals surface area contributed by atoms with Gasteiger partial charge in [0.05, 0.1) is 18.0 Å². The number of aromatic nitrogens is 1. The summed E-state index contributed by atoms with van der Waals surface area (Å²) in [6.45, 7) is 0.533. The molecule has 1 aromatic rings. The molecule has 0 aromatic carbocycles. The lowest BCUT2D eigenvalue weighted by molar-refractivity contribution is -0.0466. The fourth-order valence-corrected chi connectivity index (χ4v) is 1.56. The number of ether oxygens (including phenoxy) is 1. The molecule has 0 spiro atoms. The minimum absolute atomic E-state index is 0.195. The first kappa shape index (κ1) is 9.55. The van der Waals surface area contributed by atoms with Crippen molar-refractivity contribution in [2.75, 3.05) is 6.61 Å². The van der Waals surface area contributed by atoms with Crippen LogP contribution in [0.4, 0.5) is 4.39 Å². The van der Waals surface area contributed by atoms with Gasteiger partial charge < -0.3 is 9.84 Å². The molecule has 2 rings (SSSR count). The largest absolute Gasteiger partial charge is 0.393 e. The van der Waals surface area contributed by atoms with E-state index in [-0.39, 0.29) is 18.0 Å². The molecule has 2 heterocycles. The number of pyridine rings is 1. The molecule has 0 amide bonds. The summed E-state index contributed by atoms with van der Waals surface area (Å²) in [6.07, 6.45) is 1.84. The maximum Gasteiger partial charge on any atom is 0.141 e. The van der Waals surface area contributed by atoms with Crippen LogP contribution in [-0.2, 0) is 4.74 Å². The molecular weight excluding hydrogens is 185 g/mol. The maximum absolute atomic E-state index is 12.6. The van der Waals surface area contributed by atoms with Crippen molar-refractivity contribution >= 4 is 0 Å². The van der Waals surface area contributed by atoms with E-state index in [1.807, 2.05) is 0 Å². The first-order chi connectivity index (χ1) is 6.75. The van der Waals surface area contributed by atoms with Gasteiger partial charge in [-0.25, -0.2) is 4.39 Å². The predicted octanol–water partition coefficient (Wildman–Crippen LogP) is 1.43. The van der Waals surface area contributed by atoms with Gasteiger partial charge in [-0.15, -0.1) is 0 Å². The number of aliphatic hydroxyl groups excluding tert-OH is 1. The molecule has 0 bridgehead atoms. The third kappa shape index (κ3) is 2.08. The molecule has 1 N–H and O–H groups in total. The Bertz CT molecular complexity index is 301. The number of hydrogen-bond acceptors (Lipinski definition) is 3. The van der Waals surface area contributed by atoms with E-state index in [9.17, 15) is 9.50 Å². The molecule has 4 heteroatoms. The number of rotatable bonds is 1. The summed E-state index contributed by atoms with van der Waals surface area (Å²) in [4.78, 5) is 3.93. The SMILES string of the molecule is OC1CCOC(c2ccc(F)cn2)C1. The molecule has 1 fully saturated rings. The highest BCUT2D eigenvalue weighted by atomic mass is 19.1. The van der Waals surface area contributed by atoms with Crippen molar-refractivity contribution in [1.29, 1.82) is 0 Å². The second-order valence-electron chi connectivity index (χ2n) is 3.44. The van der Waals surface area contributed by atoms with Gasteiger partial charge in [0, 0.05) is 13.0 Å². The molecule has 0 aliphatic carbocycles. The average Bonchev–Trinajstić information content (AvgIpc) is 2.19. The molecule has 14 heavy (non-hydrogen) atoms. The quantitative estimate of drug-likeness (QED) is 0.740. The van der Waals surface area contributed by atoms with Gasteiger partial charge in [0.1, 0.15) is 11.9 Å². The summed E-state index contributed by atoms with van der Waals surface area (Å²) in [6, 6.07) is 2.95. The summed E-state index contributed by atoms with van der Waals surface area (Å²) >= 11 is 0. The molecule has 0 radical (unpaired) electrons. The summed E-state index contributed by atoms with van der Waals surface area (Å²) in [5, 5.41) is 9.41. The minimum atomic E-state index is -0.356. The van der Waals surface area contributed by atoms with E-state index in [1.54, 1.807) is 6.07 Å². The average molecular weight is 197 g/mol. The van der Waals surface area contributed by atoms with Gasteiger partial charge in [0.15, 0.2) is 0 Å². The van der Waals surface area contributed by atoms with E-state index in [4.69, 9.17) is 4.74 Å². The zero-order valence-corrected chi connectivity index (χ0v) is 7.69. The van der Waals surface area contributed by atoms with Crippen molar-refractivity contribution in [2.45, 2.75) is 25.0 Å². The normalized spacial score (nSPS) is 27.6. The van der Waals surface area contributed by atoms with Crippen LogP contribution in [0.2, 0.25) is 0 Å². The van der Waals surface area contributed by atoms with Crippen LogP contribution in [0.5, 0.6) is 0 Å². The number of aliphatic hydroxyl groups is 1. The molecule has 1 aliphatic heterocycles. The highest BCUT2D eigenvalue weighted by Gasteiger charge is 2.22. The lowest BCUT2D eigenvalue weighted by Crippen LogP contribution is -2.23. The van der Waals surface area contributed by atoms with Gasteiger partial charge in [-0.05, 0) is 18.6 Å². The van der Waals surface area contributed by atoms with E-state index < -0.39 is 0 Å². The van der Waals surface area contributed by atoms with Crippen LogP contribution in [0.25, 0.3) is 0 Å². The van der Waals surface area contributed by atoms with Crippen LogP contribution in [0, 0.1) is 5.82 Å². The topological polar surface area (TPSA) is 42.4 Å². The van der Waals surface area contributed by atoms with Gasteiger partial charge in [-0.2, -0.15) is 0 Å². The van der Waals surface area contributed by atoms with Crippen LogP contribution in [-0.4, -0.2) is 22.8 Å². The summed E-state index contributed by atoms with van der Waals surface area (Å²) in [5.74, 6) is -0.356. The number of nitrogens with zero attached hydrogens (tertiary/aromatic N) is 1. The summed E-state index contributed by atoms with van der Waals surface area (Å²) in [7, 11) is 0. The van der Waals surface area contributed by atoms with Crippen molar-refractivity contribution in [2.24, 2.45) is 0 Å². The Labute approximate surface area is 81.5 Å². The first-order valence-electron chi connectivity index (χ1n) is 4.67. The third-order valence-corrected chi connectivity index (χ3v) is 2.34. The molecule has 2 unspecified atom stereocenters. The van der Waals surface area contributed by atoms with Crippen LogP contribution < -0.4 is 0 Å². The standard InChI is InChI=1S/C10H12FNO2/c11-7-1-2-9(12-6-7)10-5-8(13)3-4-14-10/h1-2,6,8,10,13H,3-5H2. The molecule has 1 aliphatic rings. The highest BCUT2D eigenvalue weighted by molar-refractivity contribution is 5.09. The fraction of sp³-hybridized carbons (Fsp3) is 0.500. The van der Waals surface area contributed by atoms with Gasteiger partial charge >= 0.3 is 0 Å². The number of halogens is 1. The Balaban J connectivity index is 2.10. The van der Waals surface area contributed by atoms with E-state index in [1.165, 1.54) is 12.3 Å². The molecule has 1 saturated heterocycles. The van der Waals surface area contributed by atoms with Crippen molar-refractivity contribution in [3.8, 4) is 0 Å². The van der Waals surface area contributed by atoms with Gasteiger partial charge in [0.25, 0.3) is 0 Å². The Kier molecular flexibility index (Phi) is 2.74. The van der Waals surface area contributed by atoms with Gasteiger partial charge in [-0.1, -0.05) is 0 Å². The lowest BCUT2D eigenvalue weighted by atomic mass is 10.0. The molecule has 1 aromatic heterocycles. The van der Waals surface area contributed by atoms with Crippen LogP contribution in [0.15, 0.2) is 18.3 Å². The van der Waals surface area contributed by atoms with Crippen LogP contribution in [0.1, 0.15) is 24.6 Å². The van der Waals surface area contributed by atoms with Crippen molar-refractivity contribution in [3.05, 3.63) is 29.8 Å². The summed E-state index contributed by atoms with van der Waals surface area (Å²) < 4.78 is 18.0. The molecular formula is C10H12FNO2. The van der Waals surface area contributed by atoms with Crippen LogP contribution >= 0.6 is 0 Å². The van der Waals surface area contributed by atoms with E-state index in [0.717, 1.165) is 0 Å². The zero-order chi connectivity index (χ0) is 9.97. The monoisotopic (exact) mass is 197 g/mol. The second-order valence-corrected chi connectivity index (χ2v) is 3.44. The van der Waals surface area contributed by atoms with Crippen molar-refractivity contribution in [3.63, 3.8) is 0 Å². The van der Waals surface area contributed by atoms with E-state index in [2.05, 4.69) is 4.98 Å². The zero-order valence-electron chi connectivity index (χ0n) is 7.69. The van der Waals surface area contributed by atoms with Gasteiger partial charge in [0.2, 0.25) is 0 Å². The molecule has 0 saturated carbocycles. The van der Waals surface area contributed by atoms with Crippen LogP contribution in [0.3, 0.4) is 0 Å². The lowest BCUT2D eigenvalue weighted by Gasteiger charge is -2.25. The summed E-state index contributed by atoms with van der Waals surface area (Å²) in [5.41, 5.74) is 0.685. The first-order valence-corrected chi connectivity index (χ1v) is 4.67. The Morgan fingerprint density at radius 2 is 2.36 bits per heavy atom. The predicted molar refractivity (Wildman–Crippen MR) is 48.1 cm³/mol. The van der Waals surface area contributed by atoms with Gasteiger partial charge in [-0.3, -0.25) is 4.98 Å². The van der Waals surface area contributed by atoms with Crippen molar-refractivity contribution < 1.29 is 14.2 Å². The number of hydrogen-bond donors (Lipinski definition) is 1. The Hall–Kier alpha value is -1.00. The molecule has 76 valence electrons. The minimum Gasteiger partial charge on any atom is -0.393 e. The van der Waals surface area contributed by atoms with E-state index >= 15 is 0 Å². The third-order valence-electron chi connectivity index (χ3n) is 2.34.